The fourth-order valence-corrected chi connectivity index (χ4v) is 2.91. The van der Waals surface area contributed by atoms with E-state index < -0.39 is 0 Å². The number of imidazole rings is 1. The van der Waals surface area contributed by atoms with Crippen LogP contribution in [-0.2, 0) is 6.54 Å². The standard InChI is InChI=1S/C13H23N3/c1-2-8-16-9-7-15-13(16)12-6-4-3-5-11(12)10-14/h7,9,11-12H,2-6,8,10,14H2,1H3. The average molecular weight is 221 g/mol. The van der Waals surface area contributed by atoms with E-state index >= 15 is 0 Å². The van der Waals surface area contributed by atoms with E-state index in [1.54, 1.807) is 0 Å². The van der Waals surface area contributed by atoms with Gasteiger partial charge in [-0.15, -0.1) is 0 Å². The van der Waals surface area contributed by atoms with Crippen molar-refractivity contribution < 1.29 is 0 Å². The number of aryl methyl sites for hydroxylation is 1. The summed E-state index contributed by atoms with van der Waals surface area (Å²) in [5, 5.41) is 0. The Morgan fingerprint density at radius 1 is 1.44 bits per heavy atom. The van der Waals surface area contributed by atoms with Gasteiger partial charge in [0.05, 0.1) is 0 Å². The van der Waals surface area contributed by atoms with Gasteiger partial charge in [-0.3, -0.25) is 0 Å². The van der Waals surface area contributed by atoms with Crippen molar-refractivity contribution >= 4 is 0 Å². The third-order valence-electron chi connectivity index (χ3n) is 3.76. The summed E-state index contributed by atoms with van der Waals surface area (Å²) in [5.74, 6) is 2.52. The summed E-state index contributed by atoms with van der Waals surface area (Å²) in [5.41, 5.74) is 5.89. The summed E-state index contributed by atoms with van der Waals surface area (Å²) < 4.78 is 2.32. The molecule has 2 unspecified atom stereocenters. The van der Waals surface area contributed by atoms with Crippen LogP contribution in [0.1, 0.15) is 50.8 Å². The summed E-state index contributed by atoms with van der Waals surface area (Å²) in [4.78, 5) is 4.56. The molecule has 90 valence electrons. The van der Waals surface area contributed by atoms with Crippen molar-refractivity contribution in [3.8, 4) is 0 Å². The van der Waals surface area contributed by atoms with Crippen molar-refractivity contribution in [2.45, 2.75) is 51.5 Å². The first-order valence-corrected chi connectivity index (χ1v) is 6.58. The lowest BCUT2D eigenvalue weighted by molar-refractivity contribution is 0.297. The van der Waals surface area contributed by atoms with Gasteiger partial charge in [-0.05, 0) is 31.7 Å². The van der Waals surface area contributed by atoms with Crippen LogP contribution in [0.4, 0.5) is 0 Å². The summed E-state index contributed by atoms with van der Waals surface area (Å²) in [7, 11) is 0. The highest BCUT2D eigenvalue weighted by atomic mass is 15.1. The number of hydrogen-bond acceptors (Lipinski definition) is 2. The molecule has 1 aliphatic carbocycles. The van der Waals surface area contributed by atoms with Gasteiger partial charge in [-0.2, -0.15) is 0 Å². The highest BCUT2D eigenvalue weighted by Gasteiger charge is 2.28. The molecular weight excluding hydrogens is 198 g/mol. The van der Waals surface area contributed by atoms with Crippen molar-refractivity contribution in [3.63, 3.8) is 0 Å². The van der Waals surface area contributed by atoms with E-state index in [1.165, 1.54) is 37.9 Å². The predicted octanol–water partition coefficient (Wildman–Crippen LogP) is 2.53. The molecule has 0 bridgehead atoms. The SMILES string of the molecule is CCCn1ccnc1C1CCCCC1CN. The minimum absolute atomic E-state index is 0.597. The Balaban J connectivity index is 2.16. The Labute approximate surface area is 98.1 Å². The monoisotopic (exact) mass is 221 g/mol. The summed E-state index contributed by atoms with van der Waals surface area (Å²) >= 11 is 0. The van der Waals surface area contributed by atoms with E-state index in [-0.39, 0.29) is 0 Å². The zero-order valence-electron chi connectivity index (χ0n) is 10.2. The molecule has 2 N–H and O–H groups in total. The van der Waals surface area contributed by atoms with E-state index in [1.807, 2.05) is 6.20 Å². The van der Waals surface area contributed by atoms with Crippen molar-refractivity contribution in [3.05, 3.63) is 18.2 Å². The molecule has 3 nitrogen and oxygen atoms in total. The molecule has 1 aliphatic rings. The second kappa shape index (κ2) is 5.48. The first-order valence-electron chi connectivity index (χ1n) is 6.58. The van der Waals surface area contributed by atoms with E-state index in [0.29, 0.717) is 11.8 Å². The predicted molar refractivity (Wildman–Crippen MR) is 66.3 cm³/mol. The van der Waals surface area contributed by atoms with Crippen LogP contribution in [0, 0.1) is 5.92 Å². The van der Waals surface area contributed by atoms with E-state index in [9.17, 15) is 0 Å². The summed E-state index contributed by atoms with van der Waals surface area (Å²) in [6.07, 6.45) is 10.4. The van der Waals surface area contributed by atoms with Crippen LogP contribution in [0.5, 0.6) is 0 Å². The largest absolute Gasteiger partial charge is 0.335 e. The van der Waals surface area contributed by atoms with Crippen LogP contribution in [-0.4, -0.2) is 16.1 Å². The maximum atomic E-state index is 5.89. The Kier molecular flexibility index (Phi) is 3.99. The molecular formula is C13H23N3. The molecule has 1 aromatic heterocycles. The minimum Gasteiger partial charge on any atom is -0.335 e. The van der Waals surface area contributed by atoms with Gasteiger partial charge in [0.15, 0.2) is 0 Å². The Bertz CT molecular complexity index is 319. The van der Waals surface area contributed by atoms with E-state index in [2.05, 4.69) is 22.7 Å². The van der Waals surface area contributed by atoms with E-state index in [0.717, 1.165) is 13.1 Å². The fourth-order valence-electron chi connectivity index (χ4n) is 2.91. The molecule has 0 amide bonds. The van der Waals surface area contributed by atoms with Gasteiger partial charge in [-0.1, -0.05) is 19.8 Å². The van der Waals surface area contributed by atoms with Gasteiger partial charge >= 0.3 is 0 Å². The average Bonchev–Trinajstić information content (AvgIpc) is 2.77. The van der Waals surface area contributed by atoms with Gasteiger partial charge in [0, 0.05) is 24.9 Å². The third kappa shape index (κ3) is 2.29. The molecule has 0 aromatic carbocycles. The highest BCUT2D eigenvalue weighted by Crippen LogP contribution is 2.36. The van der Waals surface area contributed by atoms with E-state index in [4.69, 9.17) is 5.73 Å². The van der Waals surface area contributed by atoms with Gasteiger partial charge in [0.25, 0.3) is 0 Å². The molecule has 1 heterocycles. The molecule has 0 aliphatic heterocycles. The molecule has 0 spiro atoms. The maximum Gasteiger partial charge on any atom is 0.112 e. The van der Waals surface area contributed by atoms with Crippen molar-refractivity contribution in [2.24, 2.45) is 11.7 Å². The lowest BCUT2D eigenvalue weighted by Gasteiger charge is -2.30. The van der Waals surface area contributed by atoms with Crippen LogP contribution >= 0.6 is 0 Å². The second-order valence-electron chi connectivity index (χ2n) is 4.87. The van der Waals surface area contributed by atoms with Crippen molar-refractivity contribution in [1.82, 2.24) is 9.55 Å². The van der Waals surface area contributed by atoms with Gasteiger partial charge in [0.2, 0.25) is 0 Å². The Morgan fingerprint density at radius 3 is 3.00 bits per heavy atom. The highest BCUT2D eigenvalue weighted by molar-refractivity contribution is 5.04. The second-order valence-corrected chi connectivity index (χ2v) is 4.87. The number of nitrogens with zero attached hydrogens (tertiary/aromatic N) is 2. The van der Waals surface area contributed by atoms with Crippen LogP contribution < -0.4 is 5.73 Å². The smallest absolute Gasteiger partial charge is 0.112 e. The maximum absolute atomic E-state index is 5.89. The fraction of sp³-hybridized carbons (Fsp3) is 0.769. The molecule has 1 saturated carbocycles. The van der Waals surface area contributed by atoms with Crippen LogP contribution in [0.15, 0.2) is 12.4 Å². The topological polar surface area (TPSA) is 43.8 Å². The lowest BCUT2D eigenvalue weighted by atomic mass is 9.78. The zero-order chi connectivity index (χ0) is 11.4. The third-order valence-corrected chi connectivity index (χ3v) is 3.76. The normalized spacial score (nSPS) is 25.9. The first-order chi connectivity index (χ1) is 7.86. The molecule has 1 fully saturated rings. The number of rotatable bonds is 4. The first kappa shape index (κ1) is 11.6. The number of aromatic nitrogens is 2. The molecule has 0 radical (unpaired) electrons. The molecule has 2 atom stereocenters. The quantitative estimate of drug-likeness (QED) is 0.849. The van der Waals surface area contributed by atoms with Crippen molar-refractivity contribution in [2.75, 3.05) is 6.54 Å². The Morgan fingerprint density at radius 2 is 2.25 bits per heavy atom. The van der Waals surface area contributed by atoms with Crippen LogP contribution in [0.25, 0.3) is 0 Å². The molecule has 3 heteroatoms. The summed E-state index contributed by atoms with van der Waals surface area (Å²) in [6.45, 7) is 4.11. The molecule has 16 heavy (non-hydrogen) atoms. The zero-order valence-corrected chi connectivity index (χ0v) is 10.2. The minimum atomic E-state index is 0.597. The molecule has 1 aromatic rings. The van der Waals surface area contributed by atoms with Crippen LogP contribution in [0.2, 0.25) is 0 Å². The van der Waals surface area contributed by atoms with Crippen molar-refractivity contribution in [1.29, 1.82) is 0 Å². The summed E-state index contributed by atoms with van der Waals surface area (Å²) in [6, 6.07) is 0. The van der Waals surface area contributed by atoms with Crippen LogP contribution in [0.3, 0.4) is 0 Å². The van der Waals surface area contributed by atoms with Gasteiger partial charge < -0.3 is 10.3 Å². The molecule has 0 saturated heterocycles. The van der Waals surface area contributed by atoms with Gasteiger partial charge in [-0.25, -0.2) is 4.98 Å². The number of nitrogens with two attached hydrogens (primary N) is 1. The molecule has 2 rings (SSSR count). The van der Waals surface area contributed by atoms with Gasteiger partial charge in [0.1, 0.15) is 5.82 Å². The Hall–Kier alpha value is -0.830. The number of hydrogen-bond donors (Lipinski definition) is 1. The lowest BCUT2D eigenvalue weighted by Crippen LogP contribution is -2.27.